The van der Waals surface area contributed by atoms with Crippen LogP contribution in [-0.2, 0) is 4.79 Å². The van der Waals surface area contributed by atoms with E-state index in [1.54, 1.807) is 24.3 Å². The Labute approximate surface area is 172 Å². The van der Waals surface area contributed by atoms with Crippen molar-refractivity contribution in [2.24, 2.45) is 0 Å². The number of alkyl halides is 2. The van der Waals surface area contributed by atoms with E-state index in [0.717, 1.165) is 36.4 Å². The standard InChI is InChI=1S/C21H22F2N2O3S/c22-21(23)29-16-6-4-15(5-7-16)24-20(26)13-25-9-1-2-17(25)14-3-8-18-19(12-14)28-11-10-27-18/h3-8,12,17,21H,1-2,9-11,13H2,(H,24,26)/p+1/t17-/m1/s1. The fourth-order valence-corrected chi connectivity index (χ4v) is 4.43. The van der Waals surface area contributed by atoms with E-state index < -0.39 is 5.76 Å². The maximum absolute atomic E-state index is 12.5. The van der Waals surface area contributed by atoms with Gasteiger partial charge in [0, 0.05) is 29.0 Å². The molecular formula is C21H23F2N2O3S+. The summed E-state index contributed by atoms with van der Waals surface area (Å²) in [5.41, 5.74) is 1.77. The molecule has 154 valence electrons. The molecule has 2 aromatic rings. The third kappa shape index (κ3) is 5.00. The number of likely N-dealkylation sites (tertiary alicyclic amines) is 1. The van der Waals surface area contributed by atoms with Crippen LogP contribution in [0.15, 0.2) is 47.4 Å². The molecule has 2 aliphatic heterocycles. The normalized spacial score (nSPS) is 20.7. The number of benzene rings is 2. The van der Waals surface area contributed by atoms with Crippen LogP contribution in [0.4, 0.5) is 14.5 Å². The van der Waals surface area contributed by atoms with Gasteiger partial charge in [0.05, 0.1) is 6.54 Å². The number of fused-ring (bicyclic) bond motifs is 1. The number of amides is 1. The van der Waals surface area contributed by atoms with E-state index in [4.69, 9.17) is 9.47 Å². The van der Waals surface area contributed by atoms with Gasteiger partial charge in [0.15, 0.2) is 18.0 Å². The van der Waals surface area contributed by atoms with Crippen molar-refractivity contribution >= 4 is 23.4 Å². The number of thioether (sulfide) groups is 1. The first-order valence-electron chi connectivity index (χ1n) is 9.67. The number of anilines is 1. The van der Waals surface area contributed by atoms with Crippen LogP contribution >= 0.6 is 11.8 Å². The zero-order valence-electron chi connectivity index (χ0n) is 15.8. The van der Waals surface area contributed by atoms with Gasteiger partial charge in [0.1, 0.15) is 19.3 Å². The van der Waals surface area contributed by atoms with E-state index in [1.807, 2.05) is 12.1 Å². The second kappa shape index (κ2) is 9.00. The molecule has 2 atom stereocenters. The van der Waals surface area contributed by atoms with E-state index in [-0.39, 0.29) is 11.9 Å². The molecule has 0 saturated carbocycles. The number of rotatable bonds is 6. The molecule has 0 aliphatic carbocycles. The Morgan fingerprint density at radius 1 is 1.14 bits per heavy atom. The first-order chi connectivity index (χ1) is 14.1. The smallest absolute Gasteiger partial charge is 0.288 e. The van der Waals surface area contributed by atoms with Gasteiger partial charge in [-0.15, -0.1) is 0 Å². The zero-order chi connectivity index (χ0) is 20.2. The lowest BCUT2D eigenvalue weighted by Crippen LogP contribution is -3.11. The Bertz CT molecular complexity index is 864. The molecule has 29 heavy (non-hydrogen) atoms. The van der Waals surface area contributed by atoms with Crippen LogP contribution in [0.1, 0.15) is 24.4 Å². The summed E-state index contributed by atoms with van der Waals surface area (Å²) in [6.07, 6.45) is 2.07. The fourth-order valence-electron chi connectivity index (χ4n) is 3.93. The van der Waals surface area contributed by atoms with Gasteiger partial charge in [-0.1, -0.05) is 11.8 Å². The highest BCUT2D eigenvalue weighted by atomic mass is 32.2. The lowest BCUT2D eigenvalue weighted by Gasteiger charge is -2.24. The van der Waals surface area contributed by atoms with Gasteiger partial charge < -0.3 is 19.7 Å². The monoisotopic (exact) mass is 421 g/mol. The van der Waals surface area contributed by atoms with Gasteiger partial charge in [0.2, 0.25) is 0 Å². The van der Waals surface area contributed by atoms with Crippen LogP contribution in [0.2, 0.25) is 0 Å². The maximum atomic E-state index is 12.5. The summed E-state index contributed by atoms with van der Waals surface area (Å²) >= 11 is 0.490. The lowest BCUT2D eigenvalue weighted by molar-refractivity contribution is -0.910. The largest absolute Gasteiger partial charge is 0.486 e. The predicted molar refractivity (Wildman–Crippen MR) is 107 cm³/mol. The first kappa shape index (κ1) is 20.0. The fraction of sp³-hybridized carbons (Fsp3) is 0.381. The number of carbonyl (C=O) groups is 1. The van der Waals surface area contributed by atoms with Crippen LogP contribution < -0.4 is 19.7 Å². The molecule has 1 fully saturated rings. The predicted octanol–water partition coefficient (Wildman–Crippen LogP) is 3.13. The molecule has 0 bridgehead atoms. The summed E-state index contributed by atoms with van der Waals surface area (Å²) < 4.78 is 36.1. The molecule has 2 heterocycles. The van der Waals surface area contributed by atoms with Gasteiger partial charge >= 0.3 is 0 Å². The third-order valence-corrected chi connectivity index (χ3v) is 5.93. The molecule has 2 aromatic carbocycles. The van der Waals surface area contributed by atoms with Crippen molar-refractivity contribution in [3.8, 4) is 11.5 Å². The highest BCUT2D eigenvalue weighted by Crippen LogP contribution is 2.33. The van der Waals surface area contributed by atoms with E-state index in [1.165, 1.54) is 4.90 Å². The molecule has 5 nitrogen and oxygen atoms in total. The molecule has 2 N–H and O–H groups in total. The van der Waals surface area contributed by atoms with Crippen molar-refractivity contribution in [1.29, 1.82) is 0 Å². The van der Waals surface area contributed by atoms with Gasteiger partial charge in [-0.05, 0) is 42.5 Å². The summed E-state index contributed by atoms with van der Waals surface area (Å²) in [4.78, 5) is 14.2. The molecule has 0 spiro atoms. The number of ether oxygens (including phenoxy) is 2. The Hall–Kier alpha value is -2.32. The van der Waals surface area contributed by atoms with Gasteiger partial charge in [-0.2, -0.15) is 8.78 Å². The van der Waals surface area contributed by atoms with E-state index in [9.17, 15) is 13.6 Å². The van der Waals surface area contributed by atoms with Gasteiger partial charge in [-0.3, -0.25) is 4.79 Å². The Balaban J connectivity index is 1.37. The quantitative estimate of drug-likeness (QED) is 0.704. The van der Waals surface area contributed by atoms with Crippen molar-refractivity contribution in [2.75, 3.05) is 31.6 Å². The summed E-state index contributed by atoms with van der Waals surface area (Å²) in [7, 11) is 0. The van der Waals surface area contributed by atoms with Crippen LogP contribution in [0, 0.1) is 0 Å². The maximum Gasteiger partial charge on any atom is 0.288 e. The number of carbonyl (C=O) groups excluding carboxylic acids is 1. The summed E-state index contributed by atoms with van der Waals surface area (Å²) in [6.45, 7) is 2.40. The number of hydrogen-bond donors (Lipinski definition) is 2. The van der Waals surface area contributed by atoms with Crippen LogP contribution in [0.5, 0.6) is 11.5 Å². The summed E-state index contributed by atoms with van der Waals surface area (Å²) in [5.74, 6) is -0.998. The molecule has 1 amide bonds. The van der Waals surface area contributed by atoms with Crippen molar-refractivity contribution in [1.82, 2.24) is 0 Å². The molecule has 1 unspecified atom stereocenters. The molecular weight excluding hydrogens is 398 g/mol. The van der Waals surface area contributed by atoms with E-state index >= 15 is 0 Å². The average Bonchev–Trinajstić information content (AvgIpc) is 3.16. The van der Waals surface area contributed by atoms with Crippen molar-refractivity contribution < 1.29 is 27.9 Å². The zero-order valence-corrected chi connectivity index (χ0v) is 16.6. The summed E-state index contributed by atoms with van der Waals surface area (Å²) in [5, 5.41) is 2.87. The Morgan fingerprint density at radius 3 is 2.66 bits per heavy atom. The number of halogens is 2. The minimum Gasteiger partial charge on any atom is -0.486 e. The topological polar surface area (TPSA) is 52.0 Å². The van der Waals surface area contributed by atoms with Crippen LogP contribution in [0.3, 0.4) is 0 Å². The Kier molecular flexibility index (Phi) is 6.20. The van der Waals surface area contributed by atoms with Gasteiger partial charge in [0.25, 0.3) is 11.7 Å². The lowest BCUT2D eigenvalue weighted by atomic mass is 10.0. The van der Waals surface area contributed by atoms with E-state index in [2.05, 4.69) is 11.4 Å². The van der Waals surface area contributed by atoms with Crippen LogP contribution in [-0.4, -0.2) is 38.0 Å². The van der Waals surface area contributed by atoms with E-state index in [0.29, 0.717) is 42.1 Å². The molecule has 0 aromatic heterocycles. The van der Waals surface area contributed by atoms with Crippen LogP contribution in [0.25, 0.3) is 0 Å². The highest BCUT2D eigenvalue weighted by molar-refractivity contribution is 7.99. The number of hydrogen-bond acceptors (Lipinski definition) is 4. The first-order valence-corrected chi connectivity index (χ1v) is 10.6. The molecule has 0 radical (unpaired) electrons. The Morgan fingerprint density at radius 2 is 1.90 bits per heavy atom. The molecule has 1 saturated heterocycles. The summed E-state index contributed by atoms with van der Waals surface area (Å²) in [6, 6.07) is 12.8. The van der Waals surface area contributed by atoms with Crippen molar-refractivity contribution in [3.63, 3.8) is 0 Å². The third-order valence-electron chi connectivity index (χ3n) is 5.20. The molecule has 8 heteroatoms. The second-order valence-corrected chi connectivity index (χ2v) is 8.20. The number of quaternary nitrogens is 1. The average molecular weight is 421 g/mol. The van der Waals surface area contributed by atoms with Crippen molar-refractivity contribution in [2.45, 2.75) is 29.5 Å². The minimum atomic E-state index is -2.45. The highest BCUT2D eigenvalue weighted by Gasteiger charge is 2.32. The number of nitrogens with one attached hydrogen (secondary N) is 2. The van der Waals surface area contributed by atoms with Gasteiger partial charge in [-0.25, -0.2) is 0 Å². The SMILES string of the molecule is O=C(C[NH+]1CCC[C@@H]1c1ccc2c(c1)OCCO2)Nc1ccc(SC(F)F)cc1. The second-order valence-electron chi connectivity index (χ2n) is 7.13. The molecule has 2 aliphatic rings. The molecule has 4 rings (SSSR count). The van der Waals surface area contributed by atoms with Crippen molar-refractivity contribution in [3.05, 3.63) is 48.0 Å². The minimum absolute atomic E-state index is 0.0845.